The molecular formula is C15H13ClN4S. The maximum absolute atomic E-state index is 6.24. The summed E-state index contributed by atoms with van der Waals surface area (Å²) in [7, 11) is 0. The molecule has 106 valence electrons. The second-order valence-electron chi connectivity index (χ2n) is 5.24. The third-order valence-corrected chi connectivity index (χ3v) is 4.91. The lowest BCUT2D eigenvalue weighted by Crippen LogP contribution is -1.98. The van der Waals surface area contributed by atoms with E-state index in [2.05, 4.69) is 19.9 Å². The van der Waals surface area contributed by atoms with Crippen molar-refractivity contribution in [1.29, 1.82) is 0 Å². The Bertz CT molecular complexity index is 793. The van der Waals surface area contributed by atoms with Crippen molar-refractivity contribution in [2.75, 3.05) is 0 Å². The molecule has 6 heteroatoms. The van der Waals surface area contributed by atoms with E-state index in [9.17, 15) is 0 Å². The first-order chi connectivity index (χ1) is 10.2. The van der Waals surface area contributed by atoms with Crippen LogP contribution in [-0.4, -0.2) is 19.9 Å². The molecule has 4 rings (SSSR count). The molecule has 0 saturated heterocycles. The highest BCUT2D eigenvalue weighted by Gasteiger charge is 2.28. The Morgan fingerprint density at radius 1 is 1.19 bits per heavy atom. The zero-order valence-corrected chi connectivity index (χ0v) is 13.0. The molecule has 1 aliphatic rings. The van der Waals surface area contributed by atoms with Gasteiger partial charge in [0.1, 0.15) is 16.0 Å². The van der Waals surface area contributed by atoms with Gasteiger partial charge >= 0.3 is 0 Å². The Hall–Kier alpha value is -1.59. The highest BCUT2D eigenvalue weighted by Crippen LogP contribution is 2.40. The van der Waals surface area contributed by atoms with Gasteiger partial charge in [0.2, 0.25) is 0 Å². The van der Waals surface area contributed by atoms with Gasteiger partial charge in [0.05, 0.1) is 11.0 Å². The molecule has 0 amide bonds. The van der Waals surface area contributed by atoms with Crippen molar-refractivity contribution in [3.8, 4) is 0 Å². The number of aromatic amines is 1. The summed E-state index contributed by atoms with van der Waals surface area (Å²) in [6.07, 6.45) is 2.32. The van der Waals surface area contributed by atoms with Crippen LogP contribution in [0.1, 0.15) is 30.1 Å². The second kappa shape index (κ2) is 5.00. The number of aromatic nitrogens is 4. The van der Waals surface area contributed by atoms with Gasteiger partial charge in [-0.05, 0) is 43.7 Å². The van der Waals surface area contributed by atoms with Gasteiger partial charge in [-0.1, -0.05) is 23.7 Å². The lowest BCUT2D eigenvalue weighted by molar-refractivity contribution is 0.859. The molecule has 0 unspecified atom stereocenters. The summed E-state index contributed by atoms with van der Waals surface area (Å²) in [5, 5.41) is 2.26. The monoisotopic (exact) mass is 316 g/mol. The summed E-state index contributed by atoms with van der Waals surface area (Å²) in [6.45, 7) is 1.95. The average Bonchev–Trinajstić information content (AvgIpc) is 3.24. The fourth-order valence-electron chi connectivity index (χ4n) is 2.18. The molecule has 1 aromatic carbocycles. The molecule has 1 fully saturated rings. The number of nitrogens with one attached hydrogen (secondary N) is 1. The Balaban J connectivity index is 1.72. The van der Waals surface area contributed by atoms with Gasteiger partial charge in [-0.15, -0.1) is 0 Å². The minimum absolute atomic E-state index is 0.484. The van der Waals surface area contributed by atoms with E-state index in [0.717, 1.165) is 45.4 Å². The first-order valence-corrected chi connectivity index (χ1v) is 8.07. The van der Waals surface area contributed by atoms with E-state index in [0.29, 0.717) is 11.1 Å². The fraction of sp³-hybridized carbons (Fsp3) is 0.267. The van der Waals surface area contributed by atoms with Crippen molar-refractivity contribution >= 4 is 34.4 Å². The highest BCUT2D eigenvalue weighted by atomic mass is 35.5. The number of H-pyrrole nitrogens is 1. The largest absolute Gasteiger partial charge is 0.333 e. The number of rotatable bonds is 3. The second-order valence-corrected chi connectivity index (χ2v) is 6.57. The zero-order chi connectivity index (χ0) is 14.4. The molecule has 1 saturated carbocycles. The van der Waals surface area contributed by atoms with E-state index >= 15 is 0 Å². The van der Waals surface area contributed by atoms with Crippen LogP contribution in [0, 0.1) is 6.92 Å². The van der Waals surface area contributed by atoms with Crippen molar-refractivity contribution in [2.24, 2.45) is 0 Å². The fourth-order valence-corrected chi connectivity index (χ4v) is 3.29. The molecular weight excluding hydrogens is 304 g/mol. The third kappa shape index (κ3) is 2.51. The normalized spacial score (nSPS) is 14.8. The molecule has 0 aliphatic heterocycles. The van der Waals surface area contributed by atoms with E-state index in [1.165, 1.54) is 11.8 Å². The van der Waals surface area contributed by atoms with Crippen molar-refractivity contribution in [3.63, 3.8) is 0 Å². The van der Waals surface area contributed by atoms with Gasteiger partial charge in [-0.2, -0.15) is 0 Å². The molecule has 21 heavy (non-hydrogen) atoms. The van der Waals surface area contributed by atoms with Crippen LogP contribution in [-0.2, 0) is 0 Å². The van der Waals surface area contributed by atoms with Crippen LogP contribution >= 0.6 is 23.4 Å². The van der Waals surface area contributed by atoms with Gasteiger partial charge in [-0.25, -0.2) is 15.0 Å². The maximum atomic E-state index is 6.24. The molecule has 1 aliphatic carbocycles. The number of fused-ring (bicyclic) bond motifs is 1. The quantitative estimate of drug-likeness (QED) is 0.730. The minimum atomic E-state index is 0.484. The lowest BCUT2D eigenvalue weighted by Gasteiger charge is -2.06. The maximum Gasteiger partial charge on any atom is 0.172 e. The van der Waals surface area contributed by atoms with Crippen LogP contribution in [0.15, 0.2) is 34.4 Å². The summed E-state index contributed by atoms with van der Waals surface area (Å²) >= 11 is 7.75. The SMILES string of the molecule is Cc1c(Cl)nc(C2CC2)nc1Sc1nc2ccccc2[nH]1. The summed E-state index contributed by atoms with van der Waals surface area (Å²) < 4.78 is 0. The third-order valence-electron chi connectivity index (χ3n) is 3.56. The number of para-hydroxylation sites is 2. The number of hydrogen-bond acceptors (Lipinski definition) is 4. The van der Waals surface area contributed by atoms with Crippen molar-refractivity contribution in [2.45, 2.75) is 35.9 Å². The van der Waals surface area contributed by atoms with Crippen LogP contribution in [0.5, 0.6) is 0 Å². The van der Waals surface area contributed by atoms with Crippen LogP contribution in [0.2, 0.25) is 5.15 Å². The molecule has 0 radical (unpaired) electrons. The van der Waals surface area contributed by atoms with Gasteiger partial charge < -0.3 is 4.98 Å². The molecule has 2 heterocycles. The van der Waals surface area contributed by atoms with Crippen LogP contribution in [0.3, 0.4) is 0 Å². The lowest BCUT2D eigenvalue weighted by atomic mass is 10.3. The number of benzene rings is 1. The molecule has 2 aromatic heterocycles. The molecule has 3 aromatic rings. The van der Waals surface area contributed by atoms with Crippen LogP contribution in [0.25, 0.3) is 11.0 Å². The average molecular weight is 317 g/mol. The molecule has 1 N–H and O–H groups in total. The van der Waals surface area contributed by atoms with Crippen LogP contribution < -0.4 is 0 Å². The highest BCUT2D eigenvalue weighted by molar-refractivity contribution is 7.99. The summed E-state index contributed by atoms with van der Waals surface area (Å²) in [6, 6.07) is 7.98. The summed E-state index contributed by atoms with van der Waals surface area (Å²) in [4.78, 5) is 16.9. The van der Waals surface area contributed by atoms with Crippen molar-refractivity contribution in [1.82, 2.24) is 19.9 Å². The molecule has 4 nitrogen and oxygen atoms in total. The Morgan fingerprint density at radius 3 is 2.76 bits per heavy atom. The summed E-state index contributed by atoms with van der Waals surface area (Å²) in [5.41, 5.74) is 2.90. The first-order valence-electron chi connectivity index (χ1n) is 6.87. The zero-order valence-electron chi connectivity index (χ0n) is 11.4. The topological polar surface area (TPSA) is 54.5 Å². The van der Waals surface area contributed by atoms with Gasteiger partial charge in [-0.3, -0.25) is 0 Å². The van der Waals surface area contributed by atoms with E-state index in [1.54, 1.807) is 0 Å². The standard InChI is InChI=1S/C15H13ClN4S/c1-8-12(16)19-13(9-6-7-9)20-14(8)21-15-17-10-4-2-3-5-11(10)18-15/h2-5,9H,6-7H2,1H3,(H,17,18). The number of halogens is 1. The van der Waals surface area contributed by atoms with Crippen LogP contribution in [0.4, 0.5) is 0 Å². The minimum Gasteiger partial charge on any atom is -0.333 e. The number of nitrogens with zero attached hydrogens (tertiary/aromatic N) is 3. The Kier molecular flexibility index (Phi) is 3.12. The molecule has 0 atom stereocenters. The van der Waals surface area contributed by atoms with Crippen molar-refractivity contribution in [3.05, 3.63) is 40.8 Å². The smallest absolute Gasteiger partial charge is 0.172 e. The molecule has 0 bridgehead atoms. The number of hydrogen-bond donors (Lipinski definition) is 1. The Labute approximate surface area is 131 Å². The van der Waals surface area contributed by atoms with E-state index in [-0.39, 0.29) is 0 Å². The predicted octanol–water partition coefficient (Wildman–Crippen LogP) is 4.34. The number of imidazole rings is 1. The first kappa shape index (κ1) is 13.1. The molecule has 0 spiro atoms. The van der Waals surface area contributed by atoms with Gasteiger partial charge in [0.15, 0.2) is 5.16 Å². The summed E-state index contributed by atoms with van der Waals surface area (Å²) in [5.74, 6) is 1.35. The Morgan fingerprint density at radius 2 is 2.00 bits per heavy atom. The van der Waals surface area contributed by atoms with E-state index in [4.69, 9.17) is 11.6 Å². The van der Waals surface area contributed by atoms with Gasteiger partial charge in [0.25, 0.3) is 0 Å². The van der Waals surface area contributed by atoms with Crippen molar-refractivity contribution < 1.29 is 0 Å². The predicted molar refractivity (Wildman–Crippen MR) is 84.0 cm³/mol. The van der Waals surface area contributed by atoms with E-state index in [1.807, 2.05) is 31.2 Å². The van der Waals surface area contributed by atoms with Gasteiger partial charge in [0, 0.05) is 11.5 Å². The van der Waals surface area contributed by atoms with E-state index < -0.39 is 0 Å².